The summed E-state index contributed by atoms with van der Waals surface area (Å²) < 4.78 is 5.46. The Morgan fingerprint density at radius 3 is 2.55 bits per heavy atom. The van der Waals surface area contributed by atoms with Crippen LogP contribution in [0.4, 0.5) is 10.5 Å². The van der Waals surface area contributed by atoms with E-state index in [2.05, 4.69) is 10.3 Å². The molecule has 1 aromatic heterocycles. The summed E-state index contributed by atoms with van der Waals surface area (Å²) in [7, 11) is 0. The molecule has 1 fully saturated rings. The number of piperidine rings is 1. The van der Waals surface area contributed by atoms with Crippen molar-refractivity contribution in [3.8, 4) is 0 Å². The van der Waals surface area contributed by atoms with E-state index in [0.717, 1.165) is 36.5 Å². The van der Waals surface area contributed by atoms with Crippen LogP contribution in [0.1, 0.15) is 45.0 Å². The number of nitrogens with zero attached hydrogens (tertiary/aromatic N) is 2. The zero-order valence-corrected chi connectivity index (χ0v) is 14.3. The molecule has 122 valence electrons. The molecule has 1 aromatic rings. The van der Waals surface area contributed by atoms with E-state index < -0.39 is 5.60 Å². The molecule has 0 saturated carbocycles. The third kappa shape index (κ3) is 4.90. The van der Waals surface area contributed by atoms with Crippen LogP contribution < -0.4 is 5.32 Å². The predicted octanol–water partition coefficient (Wildman–Crippen LogP) is 3.51. The fourth-order valence-electron chi connectivity index (χ4n) is 2.74. The predicted molar refractivity (Wildman–Crippen MR) is 88.2 cm³/mol. The Kier molecular flexibility index (Phi) is 4.94. The van der Waals surface area contributed by atoms with Crippen LogP contribution >= 0.6 is 0 Å². The number of rotatable bonds is 2. The highest BCUT2D eigenvalue weighted by molar-refractivity contribution is 5.68. The molecule has 2 rings (SSSR count). The summed E-state index contributed by atoms with van der Waals surface area (Å²) in [6.07, 6.45) is 1.82. The van der Waals surface area contributed by atoms with Crippen LogP contribution in [0.5, 0.6) is 0 Å². The number of amides is 1. The number of carbonyl (C=O) groups excluding carboxylic acids is 1. The van der Waals surface area contributed by atoms with Crippen LogP contribution in [0.25, 0.3) is 0 Å². The van der Waals surface area contributed by atoms with Crippen molar-refractivity contribution >= 4 is 11.8 Å². The third-order valence-corrected chi connectivity index (χ3v) is 3.53. The first-order valence-corrected chi connectivity index (χ1v) is 7.93. The molecule has 0 radical (unpaired) electrons. The molecule has 2 heterocycles. The second-order valence-corrected chi connectivity index (χ2v) is 7.05. The van der Waals surface area contributed by atoms with E-state index in [1.165, 1.54) is 0 Å². The normalized spacial score (nSPS) is 19.0. The van der Waals surface area contributed by atoms with Gasteiger partial charge in [-0.3, -0.25) is 4.98 Å². The monoisotopic (exact) mass is 305 g/mol. The molecular formula is C17H27N3O2. The van der Waals surface area contributed by atoms with Gasteiger partial charge in [-0.2, -0.15) is 0 Å². The van der Waals surface area contributed by atoms with Gasteiger partial charge < -0.3 is 15.0 Å². The third-order valence-electron chi connectivity index (χ3n) is 3.53. The van der Waals surface area contributed by atoms with Crippen molar-refractivity contribution in [3.63, 3.8) is 0 Å². The largest absolute Gasteiger partial charge is 0.444 e. The molecular weight excluding hydrogens is 278 g/mol. The van der Waals surface area contributed by atoms with Gasteiger partial charge in [0.05, 0.1) is 0 Å². The second-order valence-electron chi connectivity index (χ2n) is 7.05. The first kappa shape index (κ1) is 16.6. The lowest BCUT2D eigenvalue weighted by Gasteiger charge is -2.34. The quantitative estimate of drug-likeness (QED) is 0.908. The molecule has 1 atom stereocenters. The smallest absolute Gasteiger partial charge is 0.410 e. The van der Waals surface area contributed by atoms with Gasteiger partial charge in [-0.25, -0.2) is 4.79 Å². The minimum Gasteiger partial charge on any atom is -0.444 e. The summed E-state index contributed by atoms with van der Waals surface area (Å²) in [5, 5.41) is 3.52. The first-order chi connectivity index (χ1) is 10.2. The standard InChI is InChI=1S/C17H27N3O2/c1-12-9-15(10-13(2)18-12)19-14-7-6-8-20(11-14)16(21)22-17(3,4)5/h9-10,14H,6-8,11H2,1-5H3,(H,18,19)/t14-/m1/s1. The Morgan fingerprint density at radius 1 is 1.32 bits per heavy atom. The number of anilines is 1. The van der Waals surface area contributed by atoms with Crippen molar-refractivity contribution < 1.29 is 9.53 Å². The number of pyridine rings is 1. The van der Waals surface area contributed by atoms with Crippen molar-refractivity contribution in [1.82, 2.24) is 9.88 Å². The van der Waals surface area contributed by atoms with Gasteiger partial charge in [0.1, 0.15) is 5.60 Å². The Hall–Kier alpha value is -1.78. The minimum absolute atomic E-state index is 0.221. The topological polar surface area (TPSA) is 54.5 Å². The number of hydrogen-bond donors (Lipinski definition) is 1. The molecule has 0 bridgehead atoms. The summed E-state index contributed by atoms with van der Waals surface area (Å²) >= 11 is 0. The average Bonchev–Trinajstić information content (AvgIpc) is 2.35. The van der Waals surface area contributed by atoms with Crippen LogP contribution in [0, 0.1) is 13.8 Å². The average molecular weight is 305 g/mol. The van der Waals surface area contributed by atoms with Crippen LogP contribution in [0.2, 0.25) is 0 Å². The molecule has 0 aromatic carbocycles. The Labute approximate surface area is 133 Å². The van der Waals surface area contributed by atoms with Gasteiger partial charge in [-0.15, -0.1) is 0 Å². The van der Waals surface area contributed by atoms with Crippen molar-refractivity contribution in [2.75, 3.05) is 18.4 Å². The molecule has 5 nitrogen and oxygen atoms in total. The highest BCUT2D eigenvalue weighted by atomic mass is 16.6. The Morgan fingerprint density at radius 2 is 1.95 bits per heavy atom. The van der Waals surface area contributed by atoms with Crippen molar-refractivity contribution in [2.45, 2.75) is 59.1 Å². The van der Waals surface area contributed by atoms with Gasteiger partial charge in [0.2, 0.25) is 0 Å². The van der Waals surface area contributed by atoms with Crippen LogP contribution in [0.15, 0.2) is 12.1 Å². The highest BCUT2D eigenvalue weighted by Gasteiger charge is 2.27. The molecule has 1 aliphatic heterocycles. The van der Waals surface area contributed by atoms with Gasteiger partial charge in [-0.1, -0.05) is 0 Å². The second kappa shape index (κ2) is 6.55. The van der Waals surface area contributed by atoms with Crippen molar-refractivity contribution in [1.29, 1.82) is 0 Å². The summed E-state index contributed by atoms with van der Waals surface area (Å²) in [6, 6.07) is 4.33. The molecule has 22 heavy (non-hydrogen) atoms. The molecule has 1 aliphatic rings. The number of aromatic nitrogens is 1. The fourth-order valence-corrected chi connectivity index (χ4v) is 2.74. The number of carbonyl (C=O) groups is 1. The van der Waals surface area contributed by atoms with Gasteiger partial charge in [0, 0.05) is 36.2 Å². The SMILES string of the molecule is Cc1cc(N[C@@H]2CCCN(C(=O)OC(C)(C)C)C2)cc(C)n1. The van der Waals surface area contributed by atoms with Gasteiger partial charge in [0.15, 0.2) is 0 Å². The van der Waals surface area contributed by atoms with E-state index in [9.17, 15) is 4.79 Å². The lowest BCUT2D eigenvalue weighted by molar-refractivity contribution is 0.0206. The van der Waals surface area contributed by atoms with E-state index in [1.54, 1.807) is 4.90 Å². The molecule has 1 saturated heterocycles. The van der Waals surface area contributed by atoms with E-state index in [0.29, 0.717) is 6.54 Å². The Bertz CT molecular complexity index is 517. The lowest BCUT2D eigenvalue weighted by Crippen LogP contribution is -2.47. The zero-order valence-electron chi connectivity index (χ0n) is 14.3. The van der Waals surface area contributed by atoms with Crippen LogP contribution in [0.3, 0.4) is 0 Å². The number of hydrogen-bond acceptors (Lipinski definition) is 4. The number of aryl methyl sites for hydroxylation is 2. The summed E-state index contributed by atoms with van der Waals surface area (Å²) in [6.45, 7) is 11.1. The summed E-state index contributed by atoms with van der Waals surface area (Å²) in [4.78, 5) is 18.4. The van der Waals surface area contributed by atoms with E-state index >= 15 is 0 Å². The maximum Gasteiger partial charge on any atom is 0.410 e. The van der Waals surface area contributed by atoms with E-state index in [4.69, 9.17) is 4.74 Å². The number of nitrogens with one attached hydrogen (secondary N) is 1. The number of likely N-dealkylation sites (tertiary alicyclic amines) is 1. The van der Waals surface area contributed by atoms with Gasteiger partial charge in [0.25, 0.3) is 0 Å². The molecule has 0 spiro atoms. The van der Waals surface area contributed by atoms with E-state index in [1.807, 2.05) is 46.8 Å². The molecule has 5 heteroatoms. The van der Waals surface area contributed by atoms with Crippen molar-refractivity contribution in [2.24, 2.45) is 0 Å². The van der Waals surface area contributed by atoms with Crippen LogP contribution in [-0.2, 0) is 4.74 Å². The fraction of sp³-hybridized carbons (Fsp3) is 0.647. The molecule has 1 N–H and O–H groups in total. The van der Waals surface area contributed by atoms with Crippen LogP contribution in [-0.4, -0.2) is 40.7 Å². The molecule has 1 amide bonds. The van der Waals surface area contributed by atoms with Gasteiger partial charge in [-0.05, 0) is 59.6 Å². The zero-order chi connectivity index (χ0) is 16.3. The van der Waals surface area contributed by atoms with Gasteiger partial charge >= 0.3 is 6.09 Å². The molecule has 0 unspecified atom stereocenters. The van der Waals surface area contributed by atoms with Crippen molar-refractivity contribution in [3.05, 3.63) is 23.5 Å². The molecule has 0 aliphatic carbocycles. The number of ether oxygens (including phenoxy) is 1. The van der Waals surface area contributed by atoms with E-state index in [-0.39, 0.29) is 12.1 Å². The summed E-state index contributed by atoms with van der Waals surface area (Å²) in [5.74, 6) is 0. The summed E-state index contributed by atoms with van der Waals surface area (Å²) in [5.41, 5.74) is 2.63. The highest BCUT2D eigenvalue weighted by Crippen LogP contribution is 2.19. The maximum atomic E-state index is 12.2. The lowest BCUT2D eigenvalue weighted by atomic mass is 10.1. The minimum atomic E-state index is -0.448. The first-order valence-electron chi connectivity index (χ1n) is 7.93. The maximum absolute atomic E-state index is 12.2. The Balaban J connectivity index is 1.97.